The summed E-state index contributed by atoms with van der Waals surface area (Å²) in [6.07, 6.45) is 5.80. The lowest BCUT2D eigenvalue weighted by molar-refractivity contribution is -0.146. The van der Waals surface area contributed by atoms with Crippen LogP contribution in [0.25, 0.3) is 0 Å². The van der Waals surface area contributed by atoms with Gasteiger partial charge in [-0.15, -0.1) is 0 Å². The molecule has 0 amide bonds. The summed E-state index contributed by atoms with van der Waals surface area (Å²) in [6, 6.07) is 0.433. The number of ether oxygens (including phenoxy) is 1. The van der Waals surface area contributed by atoms with Gasteiger partial charge < -0.3 is 10.1 Å². The molecule has 3 heteroatoms. The molecule has 1 fully saturated rings. The van der Waals surface area contributed by atoms with Crippen molar-refractivity contribution in [1.29, 1.82) is 0 Å². The van der Waals surface area contributed by atoms with Gasteiger partial charge in [0.15, 0.2) is 0 Å². The molecule has 0 spiro atoms. The zero-order valence-corrected chi connectivity index (χ0v) is 9.21. The molecule has 1 aliphatic carbocycles. The van der Waals surface area contributed by atoms with Crippen LogP contribution in [-0.4, -0.2) is 24.7 Å². The Morgan fingerprint density at radius 2 is 2.07 bits per heavy atom. The highest BCUT2D eigenvalue weighted by atomic mass is 16.5. The first-order chi connectivity index (χ1) is 6.77. The summed E-state index contributed by atoms with van der Waals surface area (Å²) >= 11 is 0. The summed E-state index contributed by atoms with van der Waals surface area (Å²) < 4.78 is 5.00. The fourth-order valence-corrected chi connectivity index (χ4v) is 1.97. The molecule has 0 heterocycles. The second-order valence-corrected chi connectivity index (χ2v) is 3.86. The quantitative estimate of drug-likeness (QED) is 0.687. The Hall–Kier alpha value is -0.570. The van der Waals surface area contributed by atoms with Crippen LogP contribution in [0.4, 0.5) is 0 Å². The first-order valence-corrected chi connectivity index (χ1v) is 5.70. The van der Waals surface area contributed by atoms with Gasteiger partial charge in [-0.3, -0.25) is 4.79 Å². The predicted octanol–water partition coefficient (Wildman–Crippen LogP) is 1.86. The normalized spacial score (nSPS) is 19.6. The van der Waals surface area contributed by atoms with E-state index in [1.54, 1.807) is 0 Å². The van der Waals surface area contributed by atoms with Gasteiger partial charge in [0.05, 0.1) is 6.61 Å². The van der Waals surface area contributed by atoms with Gasteiger partial charge in [-0.1, -0.05) is 19.8 Å². The van der Waals surface area contributed by atoms with Crippen LogP contribution in [0.3, 0.4) is 0 Å². The molecule has 14 heavy (non-hydrogen) atoms. The van der Waals surface area contributed by atoms with Gasteiger partial charge in [0.1, 0.15) is 6.04 Å². The molecule has 0 bridgehead atoms. The molecule has 0 saturated heterocycles. The summed E-state index contributed by atoms with van der Waals surface area (Å²) in [7, 11) is 0. The maximum atomic E-state index is 11.5. The van der Waals surface area contributed by atoms with Gasteiger partial charge in [-0.2, -0.15) is 0 Å². The predicted molar refractivity (Wildman–Crippen MR) is 56.1 cm³/mol. The fraction of sp³-hybridized carbons (Fsp3) is 0.909. The van der Waals surface area contributed by atoms with Crippen molar-refractivity contribution in [2.75, 3.05) is 6.61 Å². The SMILES string of the molecule is CCOC(=O)[C@@H](CC)NC1CCCC1. The number of hydrogen-bond acceptors (Lipinski definition) is 3. The van der Waals surface area contributed by atoms with Crippen LogP contribution in [-0.2, 0) is 9.53 Å². The van der Waals surface area contributed by atoms with E-state index in [9.17, 15) is 4.79 Å². The molecular weight excluding hydrogens is 178 g/mol. The third-order valence-corrected chi connectivity index (χ3v) is 2.77. The van der Waals surface area contributed by atoms with Crippen LogP contribution >= 0.6 is 0 Å². The molecule has 0 radical (unpaired) electrons. The van der Waals surface area contributed by atoms with E-state index in [-0.39, 0.29) is 12.0 Å². The summed E-state index contributed by atoms with van der Waals surface area (Å²) in [4.78, 5) is 11.5. The number of rotatable bonds is 5. The van der Waals surface area contributed by atoms with E-state index >= 15 is 0 Å². The number of carbonyl (C=O) groups excluding carboxylic acids is 1. The van der Waals surface area contributed by atoms with Crippen molar-refractivity contribution in [3.05, 3.63) is 0 Å². The molecule has 82 valence electrons. The number of esters is 1. The molecule has 1 aliphatic rings. The van der Waals surface area contributed by atoms with E-state index < -0.39 is 0 Å². The van der Waals surface area contributed by atoms with E-state index in [1.165, 1.54) is 25.7 Å². The monoisotopic (exact) mass is 199 g/mol. The highest BCUT2D eigenvalue weighted by Gasteiger charge is 2.23. The van der Waals surface area contributed by atoms with Crippen molar-refractivity contribution >= 4 is 5.97 Å². The van der Waals surface area contributed by atoms with Crippen LogP contribution < -0.4 is 5.32 Å². The van der Waals surface area contributed by atoms with E-state index in [1.807, 2.05) is 13.8 Å². The van der Waals surface area contributed by atoms with Crippen LogP contribution in [0.5, 0.6) is 0 Å². The lowest BCUT2D eigenvalue weighted by atomic mass is 10.1. The largest absolute Gasteiger partial charge is 0.465 e. The number of carbonyl (C=O) groups is 1. The standard InChI is InChI=1S/C11H21NO2/c1-3-10(11(13)14-4-2)12-9-7-5-6-8-9/h9-10,12H,3-8H2,1-2H3/t10-/m1/s1. The summed E-state index contributed by atoms with van der Waals surface area (Å²) in [6.45, 7) is 4.34. The summed E-state index contributed by atoms with van der Waals surface area (Å²) in [5.41, 5.74) is 0. The van der Waals surface area contributed by atoms with Crippen molar-refractivity contribution in [1.82, 2.24) is 5.32 Å². The van der Waals surface area contributed by atoms with Gasteiger partial charge in [0, 0.05) is 6.04 Å². The van der Waals surface area contributed by atoms with Crippen molar-refractivity contribution < 1.29 is 9.53 Å². The van der Waals surface area contributed by atoms with Crippen molar-refractivity contribution in [2.24, 2.45) is 0 Å². The third-order valence-electron chi connectivity index (χ3n) is 2.77. The summed E-state index contributed by atoms with van der Waals surface area (Å²) in [5, 5.41) is 3.38. The maximum absolute atomic E-state index is 11.5. The Kier molecular flexibility index (Phi) is 4.94. The molecule has 1 atom stereocenters. The molecule has 0 aromatic rings. The topological polar surface area (TPSA) is 38.3 Å². The molecule has 1 rings (SSSR count). The summed E-state index contributed by atoms with van der Waals surface area (Å²) in [5.74, 6) is -0.0955. The Labute approximate surface area is 86.2 Å². The van der Waals surface area contributed by atoms with Gasteiger partial charge in [0.25, 0.3) is 0 Å². The van der Waals surface area contributed by atoms with E-state index in [4.69, 9.17) is 4.74 Å². The lowest BCUT2D eigenvalue weighted by Crippen LogP contribution is -2.42. The molecule has 0 aliphatic heterocycles. The van der Waals surface area contributed by atoms with E-state index in [2.05, 4.69) is 5.32 Å². The van der Waals surface area contributed by atoms with Gasteiger partial charge in [-0.25, -0.2) is 0 Å². The first kappa shape index (κ1) is 11.5. The molecule has 3 nitrogen and oxygen atoms in total. The van der Waals surface area contributed by atoms with Crippen molar-refractivity contribution in [2.45, 2.75) is 58.0 Å². The van der Waals surface area contributed by atoms with Crippen LogP contribution in [0.15, 0.2) is 0 Å². The average Bonchev–Trinajstić information content (AvgIpc) is 2.66. The highest BCUT2D eigenvalue weighted by Crippen LogP contribution is 2.18. The van der Waals surface area contributed by atoms with Crippen molar-refractivity contribution in [3.63, 3.8) is 0 Å². The zero-order chi connectivity index (χ0) is 10.4. The molecule has 0 unspecified atom stereocenters. The van der Waals surface area contributed by atoms with Crippen LogP contribution in [0, 0.1) is 0 Å². The Balaban J connectivity index is 2.33. The second kappa shape index (κ2) is 6.02. The van der Waals surface area contributed by atoms with Gasteiger partial charge in [0.2, 0.25) is 0 Å². The van der Waals surface area contributed by atoms with Crippen LogP contribution in [0.2, 0.25) is 0 Å². The van der Waals surface area contributed by atoms with Gasteiger partial charge >= 0.3 is 5.97 Å². The molecule has 1 N–H and O–H groups in total. The minimum Gasteiger partial charge on any atom is -0.465 e. The first-order valence-electron chi connectivity index (χ1n) is 5.70. The average molecular weight is 199 g/mol. The van der Waals surface area contributed by atoms with E-state index in [0.717, 1.165) is 6.42 Å². The fourth-order valence-electron chi connectivity index (χ4n) is 1.97. The van der Waals surface area contributed by atoms with E-state index in [0.29, 0.717) is 12.6 Å². The Morgan fingerprint density at radius 3 is 2.57 bits per heavy atom. The minimum atomic E-state index is -0.0990. The maximum Gasteiger partial charge on any atom is 0.323 e. The van der Waals surface area contributed by atoms with Gasteiger partial charge in [-0.05, 0) is 26.2 Å². The molecule has 1 saturated carbocycles. The molecule has 0 aromatic heterocycles. The Bertz CT molecular complexity index is 176. The second-order valence-electron chi connectivity index (χ2n) is 3.86. The van der Waals surface area contributed by atoms with Crippen LogP contribution in [0.1, 0.15) is 46.0 Å². The smallest absolute Gasteiger partial charge is 0.323 e. The zero-order valence-electron chi connectivity index (χ0n) is 9.21. The number of hydrogen-bond donors (Lipinski definition) is 1. The minimum absolute atomic E-state index is 0.0955. The molecule has 0 aromatic carbocycles. The highest BCUT2D eigenvalue weighted by molar-refractivity contribution is 5.75. The Morgan fingerprint density at radius 1 is 1.43 bits per heavy atom. The van der Waals surface area contributed by atoms with Crippen molar-refractivity contribution in [3.8, 4) is 0 Å². The third kappa shape index (κ3) is 3.29. The lowest BCUT2D eigenvalue weighted by Gasteiger charge is -2.19. The molecular formula is C11H21NO2. The number of nitrogens with one attached hydrogen (secondary N) is 1.